The zero-order valence-electron chi connectivity index (χ0n) is 10.6. The summed E-state index contributed by atoms with van der Waals surface area (Å²) in [6.07, 6.45) is 0. The van der Waals surface area contributed by atoms with Gasteiger partial charge in [-0.25, -0.2) is 4.39 Å². The van der Waals surface area contributed by atoms with Crippen LogP contribution in [0.3, 0.4) is 0 Å². The fraction of sp³-hybridized carbons (Fsp3) is 0. The maximum Gasteiger partial charge on any atom is 0.179 e. The first kappa shape index (κ1) is 13.9. The van der Waals surface area contributed by atoms with E-state index in [1.54, 1.807) is 30.3 Å². The molecule has 21 heavy (non-hydrogen) atoms. The molecule has 0 aliphatic heterocycles. The Balaban J connectivity index is 2.24. The van der Waals surface area contributed by atoms with Gasteiger partial charge < -0.3 is 10.3 Å². The van der Waals surface area contributed by atoms with Crippen molar-refractivity contribution in [2.75, 3.05) is 5.73 Å². The average molecular weight is 323 g/mol. The third-order valence-corrected chi connectivity index (χ3v) is 3.67. The summed E-state index contributed by atoms with van der Waals surface area (Å²) in [6, 6.07) is 11.0. The molecular weight excluding hydrogens is 314 g/mol. The fourth-order valence-corrected chi connectivity index (χ4v) is 2.65. The summed E-state index contributed by atoms with van der Waals surface area (Å²) in [5, 5.41) is 4.60. The van der Waals surface area contributed by atoms with Gasteiger partial charge in [0.1, 0.15) is 5.82 Å². The summed E-state index contributed by atoms with van der Waals surface area (Å²) in [6.45, 7) is 0. The molecule has 0 fully saturated rings. The maximum atomic E-state index is 13.1. The molecule has 6 heteroatoms. The molecule has 0 bridgehead atoms. The van der Waals surface area contributed by atoms with E-state index in [0.717, 1.165) is 0 Å². The van der Waals surface area contributed by atoms with E-state index in [1.165, 1.54) is 12.1 Å². The zero-order valence-corrected chi connectivity index (χ0v) is 12.1. The number of hydrogen-bond donors (Lipinski definition) is 1. The van der Waals surface area contributed by atoms with Gasteiger partial charge in [-0.05, 0) is 29.8 Å². The predicted octanol–water partition coefficient (Wildman–Crippen LogP) is 5.04. The van der Waals surface area contributed by atoms with E-state index >= 15 is 0 Å². The number of aromatic nitrogens is 1. The van der Waals surface area contributed by atoms with Crippen LogP contribution in [0.15, 0.2) is 47.0 Å². The molecule has 0 amide bonds. The monoisotopic (exact) mass is 322 g/mol. The van der Waals surface area contributed by atoms with E-state index < -0.39 is 0 Å². The Hall–Kier alpha value is -2.04. The molecule has 2 N–H and O–H groups in total. The smallest absolute Gasteiger partial charge is 0.179 e. The van der Waals surface area contributed by atoms with Gasteiger partial charge in [0.05, 0.1) is 21.2 Å². The standard InChI is InChI=1S/C15H9Cl2FN2O/c16-10-2-1-3-11(17)13(10)14-12(15(19)20-21-14)8-4-6-9(18)7-5-8/h1-7H,(H2,19,20). The van der Waals surface area contributed by atoms with Crippen molar-refractivity contribution >= 4 is 29.0 Å². The van der Waals surface area contributed by atoms with Gasteiger partial charge in [-0.15, -0.1) is 0 Å². The van der Waals surface area contributed by atoms with E-state index in [-0.39, 0.29) is 11.6 Å². The zero-order chi connectivity index (χ0) is 15.0. The highest BCUT2D eigenvalue weighted by Crippen LogP contribution is 2.42. The number of nitrogens with two attached hydrogens (primary N) is 1. The molecule has 3 aromatic rings. The van der Waals surface area contributed by atoms with E-state index in [2.05, 4.69) is 5.16 Å². The number of nitrogens with zero attached hydrogens (tertiary/aromatic N) is 1. The molecule has 0 saturated carbocycles. The summed E-state index contributed by atoms with van der Waals surface area (Å²) >= 11 is 12.4. The predicted molar refractivity (Wildman–Crippen MR) is 81.8 cm³/mol. The summed E-state index contributed by atoms with van der Waals surface area (Å²) in [4.78, 5) is 0. The van der Waals surface area contributed by atoms with Crippen molar-refractivity contribution in [3.63, 3.8) is 0 Å². The number of hydrogen-bond acceptors (Lipinski definition) is 3. The van der Waals surface area contributed by atoms with Gasteiger partial charge in [0.15, 0.2) is 11.6 Å². The highest BCUT2D eigenvalue weighted by atomic mass is 35.5. The molecule has 0 spiro atoms. The third kappa shape index (κ3) is 2.48. The molecule has 3 nitrogen and oxygen atoms in total. The molecule has 0 unspecified atom stereocenters. The molecule has 0 atom stereocenters. The SMILES string of the molecule is Nc1noc(-c2c(Cl)cccc2Cl)c1-c1ccc(F)cc1. The highest BCUT2D eigenvalue weighted by molar-refractivity contribution is 6.39. The Labute approximate surface area is 130 Å². The molecule has 0 aliphatic carbocycles. The van der Waals surface area contributed by atoms with Crippen LogP contribution in [0.25, 0.3) is 22.5 Å². The minimum Gasteiger partial charge on any atom is -0.380 e. The van der Waals surface area contributed by atoms with Crippen LogP contribution in [0, 0.1) is 5.82 Å². The van der Waals surface area contributed by atoms with Crippen LogP contribution in [0.1, 0.15) is 0 Å². The van der Waals surface area contributed by atoms with Gasteiger partial charge in [-0.2, -0.15) is 0 Å². The normalized spacial score (nSPS) is 10.8. The molecule has 0 saturated heterocycles. The van der Waals surface area contributed by atoms with Crippen molar-refractivity contribution in [1.82, 2.24) is 5.16 Å². The van der Waals surface area contributed by atoms with Crippen LogP contribution in [0.5, 0.6) is 0 Å². The quantitative estimate of drug-likeness (QED) is 0.719. The fourth-order valence-electron chi connectivity index (χ4n) is 2.08. The van der Waals surface area contributed by atoms with Crippen LogP contribution < -0.4 is 5.73 Å². The van der Waals surface area contributed by atoms with Crippen LogP contribution in [-0.2, 0) is 0 Å². The molecule has 0 radical (unpaired) electrons. The number of nitrogen functional groups attached to an aromatic ring is 1. The van der Waals surface area contributed by atoms with Crippen molar-refractivity contribution < 1.29 is 8.91 Å². The topological polar surface area (TPSA) is 52.0 Å². The first-order chi connectivity index (χ1) is 10.1. The van der Waals surface area contributed by atoms with Crippen LogP contribution in [-0.4, -0.2) is 5.16 Å². The Bertz CT molecular complexity index is 780. The van der Waals surface area contributed by atoms with Gasteiger partial charge >= 0.3 is 0 Å². The first-order valence-electron chi connectivity index (χ1n) is 6.03. The van der Waals surface area contributed by atoms with Gasteiger partial charge in [0.25, 0.3) is 0 Å². The summed E-state index contributed by atoms with van der Waals surface area (Å²) in [7, 11) is 0. The lowest BCUT2D eigenvalue weighted by Gasteiger charge is -2.06. The van der Waals surface area contributed by atoms with Crippen LogP contribution in [0.4, 0.5) is 10.2 Å². The van der Waals surface area contributed by atoms with Crippen LogP contribution >= 0.6 is 23.2 Å². The third-order valence-electron chi connectivity index (χ3n) is 3.04. The number of rotatable bonds is 2. The van der Waals surface area contributed by atoms with Crippen molar-refractivity contribution in [1.29, 1.82) is 0 Å². The number of anilines is 1. The van der Waals surface area contributed by atoms with Gasteiger partial charge in [0, 0.05) is 0 Å². The van der Waals surface area contributed by atoms with E-state index in [1.807, 2.05) is 0 Å². The highest BCUT2D eigenvalue weighted by Gasteiger charge is 2.21. The summed E-state index contributed by atoms with van der Waals surface area (Å²) in [5.74, 6) is 0.202. The molecule has 1 heterocycles. The molecule has 3 rings (SSSR count). The van der Waals surface area contributed by atoms with Crippen molar-refractivity contribution in [2.24, 2.45) is 0 Å². The lowest BCUT2D eigenvalue weighted by molar-refractivity contribution is 0.436. The minimum absolute atomic E-state index is 0.188. The van der Waals surface area contributed by atoms with Gasteiger partial charge in [0.2, 0.25) is 0 Å². The Morgan fingerprint density at radius 1 is 0.952 bits per heavy atom. The molecular formula is C15H9Cl2FN2O. The Morgan fingerprint density at radius 3 is 2.19 bits per heavy atom. The van der Waals surface area contributed by atoms with Gasteiger partial charge in [-0.3, -0.25) is 0 Å². The number of benzene rings is 2. The molecule has 2 aromatic carbocycles. The maximum absolute atomic E-state index is 13.1. The second-order valence-corrected chi connectivity index (χ2v) is 5.19. The summed E-state index contributed by atoms with van der Waals surface area (Å²) < 4.78 is 18.4. The van der Waals surface area contributed by atoms with E-state index in [0.29, 0.717) is 32.5 Å². The average Bonchev–Trinajstić information content (AvgIpc) is 2.82. The number of halogens is 3. The first-order valence-corrected chi connectivity index (χ1v) is 6.79. The summed E-state index contributed by atoms with van der Waals surface area (Å²) in [5.41, 5.74) is 7.57. The Kier molecular flexibility index (Phi) is 3.57. The largest absolute Gasteiger partial charge is 0.380 e. The molecule has 1 aromatic heterocycles. The van der Waals surface area contributed by atoms with Crippen molar-refractivity contribution in [2.45, 2.75) is 0 Å². The van der Waals surface area contributed by atoms with E-state index in [4.69, 9.17) is 33.5 Å². The molecule has 106 valence electrons. The second-order valence-electron chi connectivity index (χ2n) is 4.38. The van der Waals surface area contributed by atoms with Crippen LogP contribution in [0.2, 0.25) is 10.0 Å². The van der Waals surface area contributed by atoms with Gasteiger partial charge in [-0.1, -0.05) is 46.6 Å². The minimum atomic E-state index is -0.342. The lowest BCUT2D eigenvalue weighted by Crippen LogP contribution is -1.90. The van der Waals surface area contributed by atoms with Crippen molar-refractivity contribution in [3.05, 3.63) is 58.3 Å². The molecule has 0 aliphatic rings. The van der Waals surface area contributed by atoms with Crippen molar-refractivity contribution in [3.8, 4) is 22.5 Å². The lowest BCUT2D eigenvalue weighted by atomic mass is 10.0. The Morgan fingerprint density at radius 2 is 1.57 bits per heavy atom. The van der Waals surface area contributed by atoms with E-state index in [9.17, 15) is 4.39 Å². The second kappa shape index (κ2) is 5.39.